The van der Waals surface area contributed by atoms with E-state index in [1.54, 1.807) is 0 Å². The van der Waals surface area contributed by atoms with Gasteiger partial charge in [-0.2, -0.15) is 0 Å². The number of nitrogens with one attached hydrogen (secondary N) is 1. The van der Waals surface area contributed by atoms with Crippen LogP contribution in [0.2, 0.25) is 0 Å². The molecule has 9 unspecified atom stereocenters. The van der Waals surface area contributed by atoms with Gasteiger partial charge in [-0.05, 0) is 57.8 Å². The van der Waals surface area contributed by atoms with Crippen LogP contribution in [0, 0.1) is 0 Å². The fourth-order valence-corrected chi connectivity index (χ4v) is 5.20. The Morgan fingerprint density at radius 3 is 2.00 bits per heavy atom. The molecule has 1 amide bonds. The number of amides is 1. The number of unbranched alkanes of at least 4 members (excludes halogenated alkanes) is 10. The highest BCUT2D eigenvalue weighted by Crippen LogP contribution is 2.23. The first kappa shape index (κ1) is 41.6. The molecule has 1 heterocycles. The Morgan fingerprint density at radius 2 is 1.36 bits per heavy atom. The van der Waals surface area contributed by atoms with E-state index in [0.717, 1.165) is 38.5 Å². The fourth-order valence-electron chi connectivity index (χ4n) is 5.20. The van der Waals surface area contributed by atoms with Crippen molar-refractivity contribution in [3.05, 3.63) is 24.3 Å². The molecular weight excluding hydrogens is 582 g/mol. The Balaban J connectivity index is 2.63. The molecule has 0 radical (unpaired) electrons. The van der Waals surface area contributed by atoms with Gasteiger partial charge >= 0.3 is 0 Å². The van der Waals surface area contributed by atoms with E-state index >= 15 is 0 Å². The van der Waals surface area contributed by atoms with Gasteiger partial charge in [0.2, 0.25) is 5.91 Å². The summed E-state index contributed by atoms with van der Waals surface area (Å²) in [7, 11) is 0. The molecular formula is C34H63NO10. The third kappa shape index (κ3) is 17.4. The van der Waals surface area contributed by atoms with Crippen molar-refractivity contribution in [3.8, 4) is 0 Å². The average molecular weight is 646 g/mol. The second-order valence-electron chi connectivity index (χ2n) is 12.2. The lowest BCUT2D eigenvalue weighted by molar-refractivity contribution is -0.303. The summed E-state index contributed by atoms with van der Waals surface area (Å²) in [4.78, 5) is 12.9. The number of hydrogen-bond acceptors (Lipinski definition) is 10. The quantitative estimate of drug-likeness (QED) is 0.0513. The van der Waals surface area contributed by atoms with Crippen molar-refractivity contribution in [3.63, 3.8) is 0 Å². The monoisotopic (exact) mass is 645 g/mol. The Kier molecular flexibility index (Phi) is 23.7. The molecule has 1 saturated heterocycles. The minimum absolute atomic E-state index is 0.222. The van der Waals surface area contributed by atoms with Gasteiger partial charge in [-0.25, -0.2) is 0 Å². The van der Waals surface area contributed by atoms with Crippen LogP contribution in [0.15, 0.2) is 24.3 Å². The molecule has 0 saturated carbocycles. The van der Waals surface area contributed by atoms with Crippen LogP contribution in [0.5, 0.6) is 0 Å². The molecule has 45 heavy (non-hydrogen) atoms. The highest BCUT2D eigenvalue weighted by atomic mass is 16.7. The summed E-state index contributed by atoms with van der Waals surface area (Å²) in [5, 5.41) is 74.5. The highest BCUT2D eigenvalue weighted by Gasteiger charge is 2.44. The summed E-state index contributed by atoms with van der Waals surface area (Å²) in [6.45, 7) is 3.21. The lowest BCUT2D eigenvalue weighted by Crippen LogP contribution is -2.60. The number of aliphatic hydroxyl groups is 7. The van der Waals surface area contributed by atoms with Crippen LogP contribution in [0.3, 0.4) is 0 Å². The maximum absolute atomic E-state index is 12.9. The van der Waals surface area contributed by atoms with Crippen LogP contribution in [0.4, 0.5) is 0 Å². The first-order valence-electron chi connectivity index (χ1n) is 17.2. The Labute approximate surface area is 270 Å². The first-order chi connectivity index (χ1) is 21.7. The zero-order valence-corrected chi connectivity index (χ0v) is 27.6. The van der Waals surface area contributed by atoms with Gasteiger partial charge in [-0.3, -0.25) is 4.79 Å². The number of ether oxygens (including phenoxy) is 2. The molecule has 1 rings (SSSR count). The van der Waals surface area contributed by atoms with E-state index in [4.69, 9.17) is 9.47 Å². The summed E-state index contributed by atoms with van der Waals surface area (Å²) in [6.07, 6.45) is 11.6. The minimum Gasteiger partial charge on any atom is -0.394 e. The molecule has 11 heteroatoms. The van der Waals surface area contributed by atoms with E-state index in [2.05, 4.69) is 37.4 Å². The van der Waals surface area contributed by atoms with Crippen molar-refractivity contribution in [1.29, 1.82) is 0 Å². The van der Waals surface area contributed by atoms with Crippen LogP contribution >= 0.6 is 0 Å². The van der Waals surface area contributed by atoms with Crippen molar-refractivity contribution in [1.82, 2.24) is 5.32 Å². The van der Waals surface area contributed by atoms with Gasteiger partial charge in [-0.1, -0.05) is 83.1 Å². The summed E-state index contributed by atoms with van der Waals surface area (Å²) in [6, 6.07) is -1.19. The number of aliphatic hydroxyl groups excluding tert-OH is 7. The Morgan fingerprint density at radius 1 is 0.756 bits per heavy atom. The van der Waals surface area contributed by atoms with Gasteiger partial charge in [0.1, 0.15) is 36.6 Å². The number of allylic oxidation sites excluding steroid dienone is 4. The third-order valence-corrected chi connectivity index (χ3v) is 8.21. The van der Waals surface area contributed by atoms with Gasteiger partial charge < -0.3 is 50.5 Å². The molecule has 1 fully saturated rings. The van der Waals surface area contributed by atoms with E-state index in [0.29, 0.717) is 12.8 Å². The molecule has 0 aromatic rings. The van der Waals surface area contributed by atoms with E-state index < -0.39 is 74.2 Å². The number of carbonyl (C=O) groups is 1. The summed E-state index contributed by atoms with van der Waals surface area (Å²) in [5.74, 6) is -0.732. The molecule has 0 spiro atoms. The van der Waals surface area contributed by atoms with Gasteiger partial charge in [-0.15, -0.1) is 0 Å². The zero-order chi connectivity index (χ0) is 33.5. The predicted octanol–water partition coefficient (Wildman–Crippen LogP) is 2.76. The molecule has 9 atom stereocenters. The van der Waals surface area contributed by atoms with E-state index in [-0.39, 0.29) is 12.8 Å². The lowest BCUT2D eigenvalue weighted by Gasteiger charge is -2.40. The van der Waals surface area contributed by atoms with Crippen LogP contribution in [0.1, 0.15) is 117 Å². The van der Waals surface area contributed by atoms with Crippen molar-refractivity contribution < 1.29 is 50.0 Å². The standard InChI is InChI=1S/C34H63NO10/c1-3-5-7-9-11-12-13-14-15-16-18-20-22-27(38)33(43)35-25(29(39)26(37)21-19-17-10-8-6-4-2)24-44-34-32(42)31(41)30(40)28(23-36)45-34/h8,10,14-15,25-32,34,36-42H,3-7,9,11-13,16-24H2,1-2H3,(H,35,43)/b10-8+,15-14-. The molecule has 1 aliphatic heterocycles. The number of hydrogen-bond donors (Lipinski definition) is 8. The smallest absolute Gasteiger partial charge is 0.249 e. The van der Waals surface area contributed by atoms with Crippen LogP contribution in [-0.4, -0.2) is 110 Å². The largest absolute Gasteiger partial charge is 0.394 e. The highest BCUT2D eigenvalue weighted by molar-refractivity contribution is 5.80. The topological polar surface area (TPSA) is 189 Å². The molecule has 0 aromatic heterocycles. The fraction of sp³-hybridized carbons (Fsp3) is 0.853. The molecule has 0 bridgehead atoms. The van der Waals surface area contributed by atoms with Gasteiger partial charge in [0.05, 0.1) is 25.4 Å². The van der Waals surface area contributed by atoms with E-state index in [9.17, 15) is 40.5 Å². The second kappa shape index (κ2) is 25.7. The second-order valence-corrected chi connectivity index (χ2v) is 12.2. The molecule has 8 N–H and O–H groups in total. The van der Waals surface area contributed by atoms with Gasteiger partial charge in [0, 0.05) is 0 Å². The molecule has 264 valence electrons. The zero-order valence-electron chi connectivity index (χ0n) is 27.6. The number of carbonyl (C=O) groups excluding carboxylic acids is 1. The van der Waals surface area contributed by atoms with Crippen molar-refractivity contribution in [2.24, 2.45) is 0 Å². The number of rotatable bonds is 26. The summed E-state index contributed by atoms with van der Waals surface area (Å²) in [5.41, 5.74) is 0. The minimum atomic E-state index is -1.67. The molecule has 11 nitrogen and oxygen atoms in total. The Hall–Kier alpha value is -1.41. The molecule has 0 aromatic carbocycles. The van der Waals surface area contributed by atoms with E-state index in [1.807, 2.05) is 6.08 Å². The van der Waals surface area contributed by atoms with Crippen molar-refractivity contribution >= 4 is 5.91 Å². The van der Waals surface area contributed by atoms with Crippen LogP contribution < -0.4 is 5.32 Å². The van der Waals surface area contributed by atoms with Crippen molar-refractivity contribution in [2.75, 3.05) is 13.2 Å². The van der Waals surface area contributed by atoms with Crippen molar-refractivity contribution in [2.45, 2.75) is 172 Å². The normalized spacial score (nSPS) is 25.0. The third-order valence-electron chi connectivity index (χ3n) is 8.21. The molecule has 1 aliphatic rings. The average Bonchev–Trinajstić information content (AvgIpc) is 3.04. The maximum Gasteiger partial charge on any atom is 0.249 e. The SMILES string of the molecule is CCC/C=C/CCCC(O)C(O)C(COC1OC(CO)C(O)C(O)C1O)NC(=O)C(O)CCCC/C=C\CCCCCCCC. The summed E-state index contributed by atoms with van der Waals surface area (Å²) >= 11 is 0. The van der Waals surface area contributed by atoms with Gasteiger partial charge in [0.25, 0.3) is 0 Å². The maximum atomic E-state index is 12.9. The van der Waals surface area contributed by atoms with Crippen LogP contribution in [0.25, 0.3) is 0 Å². The lowest BCUT2D eigenvalue weighted by atomic mass is 9.98. The van der Waals surface area contributed by atoms with E-state index in [1.165, 1.54) is 38.5 Å². The van der Waals surface area contributed by atoms with Gasteiger partial charge in [0.15, 0.2) is 6.29 Å². The first-order valence-corrected chi connectivity index (χ1v) is 17.2. The Bertz CT molecular complexity index is 795. The summed E-state index contributed by atoms with van der Waals surface area (Å²) < 4.78 is 10.9. The molecule has 0 aliphatic carbocycles. The van der Waals surface area contributed by atoms with Crippen LogP contribution in [-0.2, 0) is 14.3 Å². The predicted molar refractivity (Wildman–Crippen MR) is 173 cm³/mol.